The summed E-state index contributed by atoms with van der Waals surface area (Å²) < 4.78 is 1.20. The Labute approximate surface area is 165 Å². The molecule has 1 aliphatic rings. The second-order valence-electron chi connectivity index (χ2n) is 8.24. The van der Waals surface area contributed by atoms with E-state index in [1.54, 1.807) is 5.56 Å². The molecule has 0 N–H and O–H groups in total. The third-order valence-electron chi connectivity index (χ3n) is 6.15. The lowest BCUT2D eigenvalue weighted by Gasteiger charge is -2.29. The minimum absolute atomic E-state index is 0.817. The lowest BCUT2D eigenvalue weighted by atomic mass is 9.77. The van der Waals surface area contributed by atoms with Crippen LogP contribution in [-0.4, -0.2) is 0 Å². The topological polar surface area (TPSA) is 0 Å². The van der Waals surface area contributed by atoms with Gasteiger partial charge in [-0.25, -0.2) is 0 Å². The molecule has 0 radical (unpaired) electrons. The Morgan fingerprint density at radius 3 is 1.80 bits per heavy atom. The molecule has 1 saturated carbocycles. The van der Waals surface area contributed by atoms with Gasteiger partial charge in [0.1, 0.15) is 0 Å². The standard InChI is InChI=1S/C24H39Br/c1-2-3-4-5-6-7-8-9-10-11-12-21-13-15-22(16-14-21)23-17-19-24(25)20-18-23/h17-22H,2-16H2,1H3. The van der Waals surface area contributed by atoms with E-state index in [9.17, 15) is 0 Å². The molecule has 1 aromatic carbocycles. The molecule has 0 atom stereocenters. The Hall–Kier alpha value is -0.300. The van der Waals surface area contributed by atoms with Crippen molar-refractivity contribution < 1.29 is 0 Å². The van der Waals surface area contributed by atoms with Crippen molar-refractivity contribution in [3.63, 3.8) is 0 Å². The van der Waals surface area contributed by atoms with Crippen molar-refractivity contribution in [1.82, 2.24) is 0 Å². The number of rotatable bonds is 12. The molecule has 1 aliphatic carbocycles. The molecule has 0 saturated heterocycles. The van der Waals surface area contributed by atoms with Crippen molar-refractivity contribution in [3.8, 4) is 0 Å². The zero-order valence-corrected chi connectivity index (χ0v) is 18.0. The molecule has 1 aromatic rings. The summed E-state index contributed by atoms with van der Waals surface area (Å²) in [6.07, 6.45) is 21.8. The predicted octanol–water partition coefficient (Wildman–Crippen LogP) is 9.03. The summed E-state index contributed by atoms with van der Waals surface area (Å²) in [6, 6.07) is 9.03. The van der Waals surface area contributed by atoms with Crippen molar-refractivity contribution >= 4 is 15.9 Å². The largest absolute Gasteiger partial charge is 0.0654 e. The van der Waals surface area contributed by atoms with E-state index < -0.39 is 0 Å². The Morgan fingerprint density at radius 1 is 0.720 bits per heavy atom. The monoisotopic (exact) mass is 406 g/mol. The summed E-state index contributed by atoms with van der Waals surface area (Å²) in [5.74, 6) is 1.83. The number of hydrogen-bond donors (Lipinski definition) is 0. The minimum atomic E-state index is 0.817. The first-order valence-corrected chi connectivity index (χ1v) is 11.8. The molecule has 0 spiro atoms. The van der Waals surface area contributed by atoms with Crippen LogP contribution >= 0.6 is 15.9 Å². The molecular formula is C24H39Br. The fraction of sp³-hybridized carbons (Fsp3) is 0.750. The molecular weight excluding hydrogens is 368 g/mol. The molecule has 0 bridgehead atoms. The van der Waals surface area contributed by atoms with Crippen molar-refractivity contribution in [2.24, 2.45) is 5.92 Å². The Balaban J connectivity index is 1.45. The van der Waals surface area contributed by atoms with Gasteiger partial charge in [0.05, 0.1) is 0 Å². The highest BCUT2D eigenvalue weighted by Gasteiger charge is 2.21. The van der Waals surface area contributed by atoms with Crippen LogP contribution in [-0.2, 0) is 0 Å². The normalized spacial score (nSPS) is 20.7. The number of benzene rings is 1. The highest BCUT2D eigenvalue weighted by atomic mass is 79.9. The Bertz CT molecular complexity index is 428. The maximum atomic E-state index is 3.54. The van der Waals surface area contributed by atoms with Crippen LogP contribution in [0.15, 0.2) is 28.7 Å². The SMILES string of the molecule is CCCCCCCCCCCCC1CCC(c2ccc(Br)cc2)CC1. The van der Waals surface area contributed by atoms with E-state index in [2.05, 4.69) is 47.1 Å². The summed E-state index contributed by atoms with van der Waals surface area (Å²) in [4.78, 5) is 0. The summed E-state index contributed by atoms with van der Waals surface area (Å²) >= 11 is 3.54. The maximum absolute atomic E-state index is 3.54. The van der Waals surface area contributed by atoms with Gasteiger partial charge in [0.15, 0.2) is 0 Å². The van der Waals surface area contributed by atoms with Crippen LogP contribution in [0.1, 0.15) is 115 Å². The van der Waals surface area contributed by atoms with Gasteiger partial charge in [0.2, 0.25) is 0 Å². The molecule has 0 unspecified atom stereocenters. The van der Waals surface area contributed by atoms with Crippen LogP contribution in [0.2, 0.25) is 0 Å². The van der Waals surface area contributed by atoms with Crippen LogP contribution in [0.25, 0.3) is 0 Å². The van der Waals surface area contributed by atoms with Crippen LogP contribution in [0.3, 0.4) is 0 Å². The molecule has 0 nitrogen and oxygen atoms in total. The third-order valence-corrected chi connectivity index (χ3v) is 6.68. The lowest BCUT2D eigenvalue weighted by Crippen LogP contribution is -2.13. The molecule has 1 heteroatoms. The first-order chi connectivity index (χ1) is 12.3. The van der Waals surface area contributed by atoms with Gasteiger partial charge in [0, 0.05) is 4.47 Å². The zero-order valence-electron chi connectivity index (χ0n) is 16.4. The van der Waals surface area contributed by atoms with E-state index >= 15 is 0 Å². The first kappa shape index (κ1) is 21.0. The number of halogens is 1. The van der Waals surface area contributed by atoms with E-state index in [4.69, 9.17) is 0 Å². The molecule has 0 aliphatic heterocycles. The van der Waals surface area contributed by atoms with Crippen molar-refractivity contribution in [3.05, 3.63) is 34.3 Å². The average molecular weight is 407 g/mol. The first-order valence-electron chi connectivity index (χ1n) is 11.0. The van der Waals surface area contributed by atoms with Gasteiger partial charge in [-0.05, 0) is 55.2 Å². The maximum Gasteiger partial charge on any atom is 0.0175 e. The molecule has 0 heterocycles. The van der Waals surface area contributed by atoms with Crippen LogP contribution in [0.5, 0.6) is 0 Å². The van der Waals surface area contributed by atoms with E-state index in [1.807, 2.05) is 0 Å². The lowest BCUT2D eigenvalue weighted by molar-refractivity contribution is 0.301. The summed E-state index contributed by atoms with van der Waals surface area (Å²) in [6.45, 7) is 2.30. The molecule has 0 amide bonds. The van der Waals surface area contributed by atoms with Gasteiger partial charge in [-0.15, -0.1) is 0 Å². The van der Waals surface area contributed by atoms with Gasteiger partial charge >= 0.3 is 0 Å². The average Bonchev–Trinajstić information content (AvgIpc) is 2.64. The molecule has 2 rings (SSSR count). The summed E-state index contributed by atoms with van der Waals surface area (Å²) in [5, 5.41) is 0. The van der Waals surface area contributed by atoms with Gasteiger partial charge in [0.25, 0.3) is 0 Å². The zero-order chi connectivity index (χ0) is 17.7. The smallest absolute Gasteiger partial charge is 0.0175 e. The quantitative estimate of drug-likeness (QED) is 0.303. The second-order valence-corrected chi connectivity index (χ2v) is 9.16. The van der Waals surface area contributed by atoms with Crippen LogP contribution in [0.4, 0.5) is 0 Å². The summed E-state index contributed by atoms with van der Waals surface area (Å²) in [5.41, 5.74) is 1.56. The summed E-state index contributed by atoms with van der Waals surface area (Å²) in [7, 11) is 0. The highest BCUT2D eigenvalue weighted by Crippen LogP contribution is 2.38. The van der Waals surface area contributed by atoms with E-state index in [1.165, 1.54) is 101 Å². The molecule has 142 valence electrons. The van der Waals surface area contributed by atoms with Crippen LogP contribution < -0.4 is 0 Å². The van der Waals surface area contributed by atoms with Crippen molar-refractivity contribution in [2.75, 3.05) is 0 Å². The van der Waals surface area contributed by atoms with E-state index in [-0.39, 0.29) is 0 Å². The Morgan fingerprint density at radius 2 is 1.24 bits per heavy atom. The van der Waals surface area contributed by atoms with Gasteiger partial charge in [-0.3, -0.25) is 0 Å². The highest BCUT2D eigenvalue weighted by molar-refractivity contribution is 9.10. The van der Waals surface area contributed by atoms with Gasteiger partial charge in [-0.2, -0.15) is 0 Å². The number of unbranched alkanes of at least 4 members (excludes halogenated alkanes) is 9. The predicted molar refractivity (Wildman–Crippen MR) is 115 cm³/mol. The minimum Gasteiger partial charge on any atom is -0.0654 e. The van der Waals surface area contributed by atoms with Gasteiger partial charge < -0.3 is 0 Å². The van der Waals surface area contributed by atoms with E-state index in [0.29, 0.717) is 0 Å². The molecule has 25 heavy (non-hydrogen) atoms. The van der Waals surface area contributed by atoms with Crippen LogP contribution in [0, 0.1) is 5.92 Å². The molecule has 0 aromatic heterocycles. The Kier molecular flexibility index (Phi) is 10.9. The van der Waals surface area contributed by atoms with Gasteiger partial charge in [-0.1, -0.05) is 106 Å². The number of hydrogen-bond acceptors (Lipinski definition) is 0. The molecule has 1 fully saturated rings. The third kappa shape index (κ3) is 8.76. The fourth-order valence-electron chi connectivity index (χ4n) is 4.44. The second kappa shape index (κ2) is 13.0. The van der Waals surface area contributed by atoms with E-state index in [0.717, 1.165) is 11.8 Å². The van der Waals surface area contributed by atoms with Crippen molar-refractivity contribution in [2.45, 2.75) is 109 Å². The van der Waals surface area contributed by atoms with Crippen molar-refractivity contribution in [1.29, 1.82) is 0 Å². The fourth-order valence-corrected chi connectivity index (χ4v) is 4.70.